The number of rotatable bonds is 3. The molecule has 5 aromatic carbocycles. The van der Waals surface area contributed by atoms with Crippen LogP contribution in [-0.4, -0.2) is 18.9 Å². The van der Waals surface area contributed by atoms with Crippen molar-refractivity contribution in [1.82, 2.24) is 18.9 Å². The number of aromatic nitrogens is 4. The van der Waals surface area contributed by atoms with Crippen LogP contribution >= 0.6 is 0 Å². The fourth-order valence-corrected chi connectivity index (χ4v) is 6.46. The number of hydrogen-bond donors (Lipinski definition) is 0. The molecule has 43 heavy (non-hydrogen) atoms. The van der Waals surface area contributed by atoms with Crippen LogP contribution in [0.15, 0.2) is 140 Å². The van der Waals surface area contributed by atoms with Crippen LogP contribution in [0.4, 0.5) is 0 Å². The van der Waals surface area contributed by atoms with E-state index in [1.54, 1.807) is 0 Å². The molecular formula is C38H23IrN4-. The van der Waals surface area contributed by atoms with Crippen molar-refractivity contribution >= 4 is 49.1 Å². The smallest absolute Gasteiger partial charge is 0.137 e. The van der Waals surface area contributed by atoms with Crippen LogP contribution in [-0.2, 0) is 20.1 Å². The molecule has 4 heterocycles. The van der Waals surface area contributed by atoms with Gasteiger partial charge in [0.15, 0.2) is 0 Å². The molecule has 0 unspecified atom stereocenters. The van der Waals surface area contributed by atoms with Gasteiger partial charge < -0.3 is 4.40 Å². The molecule has 0 atom stereocenters. The second-order valence-electron chi connectivity index (χ2n) is 10.6. The molecule has 9 aromatic rings. The second-order valence-corrected chi connectivity index (χ2v) is 10.6. The summed E-state index contributed by atoms with van der Waals surface area (Å²) in [7, 11) is 0. The van der Waals surface area contributed by atoms with E-state index in [9.17, 15) is 0 Å². The zero-order valence-electron chi connectivity index (χ0n) is 22.9. The number of pyridine rings is 2. The van der Waals surface area contributed by atoms with Gasteiger partial charge in [-0.05, 0) is 64.5 Å². The SMILES string of the molecule is [Ir].[c-]1cccc2c1c1ncc(-c3cccc(-c4ccc5c(c4)c4ccccc4n5-c4ccccn4)c3)n1c1ccccc21. The normalized spacial score (nSPS) is 11.5. The van der Waals surface area contributed by atoms with Crippen LogP contribution in [0.1, 0.15) is 0 Å². The second kappa shape index (κ2) is 10.0. The Morgan fingerprint density at radius 3 is 2.12 bits per heavy atom. The van der Waals surface area contributed by atoms with E-state index in [1.165, 1.54) is 27.1 Å². The van der Waals surface area contributed by atoms with Gasteiger partial charge in [0.2, 0.25) is 0 Å². The molecule has 0 fully saturated rings. The van der Waals surface area contributed by atoms with E-state index < -0.39 is 0 Å². The van der Waals surface area contributed by atoms with E-state index in [0.717, 1.165) is 50.2 Å². The van der Waals surface area contributed by atoms with Crippen molar-refractivity contribution in [2.75, 3.05) is 0 Å². The largest absolute Gasteiger partial charge is 0.333 e. The Hall–Kier alpha value is -5.09. The first-order valence-electron chi connectivity index (χ1n) is 14.1. The summed E-state index contributed by atoms with van der Waals surface area (Å²) in [6.07, 6.45) is 3.84. The van der Waals surface area contributed by atoms with Crippen molar-refractivity contribution in [2.24, 2.45) is 0 Å². The fraction of sp³-hybridized carbons (Fsp3) is 0. The van der Waals surface area contributed by atoms with Crippen LogP contribution in [0.2, 0.25) is 0 Å². The zero-order valence-corrected chi connectivity index (χ0v) is 25.3. The van der Waals surface area contributed by atoms with E-state index in [1.807, 2.05) is 36.7 Å². The molecule has 0 amide bonds. The summed E-state index contributed by atoms with van der Waals surface area (Å²) in [6, 6.07) is 48.3. The Bertz CT molecular complexity index is 2470. The van der Waals surface area contributed by atoms with Gasteiger partial charge in [0.05, 0.1) is 22.4 Å². The van der Waals surface area contributed by atoms with Gasteiger partial charge in [-0.2, -0.15) is 0 Å². The summed E-state index contributed by atoms with van der Waals surface area (Å²) in [6.45, 7) is 0. The monoisotopic (exact) mass is 728 g/mol. The molecule has 4 nitrogen and oxygen atoms in total. The Labute approximate surface area is 261 Å². The van der Waals surface area contributed by atoms with E-state index in [2.05, 4.69) is 123 Å². The summed E-state index contributed by atoms with van der Waals surface area (Å²) >= 11 is 0. The standard InChI is InChI=1S/C38H23N4.Ir/c1-2-15-31-28(12-1)29-13-3-6-17-34(29)42-36(24-40-38(31)42)27-11-9-10-25(22-27)26-19-20-35-32(23-26)30-14-4-5-16-33(30)41(35)37-18-7-8-21-39-37;/h1-14,16-24H;/q-1;. The number of benzene rings is 5. The van der Waals surface area contributed by atoms with Gasteiger partial charge in [0, 0.05) is 48.8 Å². The molecule has 1 radical (unpaired) electrons. The van der Waals surface area contributed by atoms with Crippen LogP contribution in [0, 0.1) is 6.07 Å². The average molecular weight is 728 g/mol. The van der Waals surface area contributed by atoms with Gasteiger partial charge in [-0.1, -0.05) is 72.1 Å². The molecule has 0 spiro atoms. The summed E-state index contributed by atoms with van der Waals surface area (Å²) in [4.78, 5) is 9.57. The first kappa shape index (κ1) is 25.6. The molecule has 0 bridgehead atoms. The Kier molecular flexibility index (Phi) is 5.97. The van der Waals surface area contributed by atoms with Crippen molar-refractivity contribution < 1.29 is 20.1 Å². The van der Waals surface area contributed by atoms with E-state index in [4.69, 9.17) is 4.98 Å². The molecular weight excluding hydrogens is 705 g/mol. The molecule has 5 heteroatoms. The van der Waals surface area contributed by atoms with Crippen LogP contribution in [0.5, 0.6) is 0 Å². The van der Waals surface area contributed by atoms with Gasteiger partial charge in [-0.25, -0.2) is 4.98 Å². The number of nitrogens with zero attached hydrogens (tertiary/aromatic N) is 4. The van der Waals surface area contributed by atoms with Gasteiger partial charge in [-0.15, -0.1) is 29.7 Å². The van der Waals surface area contributed by atoms with Crippen molar-refractivity contribution in [3.05, 3.63) is 146 Å². The van der Waals surface area contributed by atoms with Gasteiger partial charge >= 0.3 is 0 Å². The molecule has 0 aliphatic heterocycles. The third-order valence-corrected chi connectivity index (χ3v) is 8.32. The van der Waals surface area contributed by atoms with Crippen LogP contribution in [0.25, 0.3) is 77.3 Å². The summed E-state index contributed by atoms with van der Waals surface area (Å²) in [5.41, 5.74) is 8.88. The van der Waals surface area contributed by atoms with Crippen molar-refractivity contribution in [2.45, 2.75) is 0 Å². The maximum atomic E-state index is 4.91. The summed E-state index contributed by atoms with van der Waals surface area (Å²) in [5.74, 6) is 0.919. The maximum absolute atomic E-state index is 4.91. The molecule has 0 saturated heterocycles. The predicted molar refractivity (Wildman–Crippen MR) is 172 cm³/mol. The number of hydrogen-bond acceptors (Lipinski definition) is 2. The maximum Gasteiger partial charge on any atom is 0.137 e. The van der Waals surface area contributed by atoms with Crippen molar-refractivity contribution in [3.63, 3.8) is 0 Å². The third kappa shape index (κ3) is 3.86. The molecule has 0 aliphatic rings. The van der Waals surface area contributed by atoms with Crippen molar-refractivity contribution in [1.29, 1.82) is 0 Å². The third-order valence-electron chi connectivity index (χ3n) is 8.32. The molecule has 4 aromatic heterocycles. The van der Waals surface area contributed by atoms with E-state index >= 15 is 0 Å². The summed E-state index contributed by atoms with van der Waals surface area (Å²) in [5, 5.41) is 5.83. The molecule has 0 N–H and O–H groups in total. The summed E-state index contributed by atoms with van der Waals surface area (Å²) < 4.78 is 4.52. The minimum atomic E-state index is 0. The van der Waals surface area contributed by atoms with Crippen LogP contribution < -0.4 is 0 Å². The zero-order chi connectivity index (χ0) is 27.6. The number of imidazole rings is 1. The predicted octanol–water partition coefficient (Wildman–Crippen LogP) is 9.26. The van der Waals surface area contributed by atoms with Gasteiger partial charge in [0.25, 0.3) is 0 Å². The Morgan fingerprint density at radius 1 is 0.535 bits per heavy atom. The topological polar surface area (TPSA) is 35.1 Å². The Morgan fingerprint density at radius 2 is 1.26 bits per heavy atom. The molecule has 205 valence electrons. The fourth-order valence-electron chi connectivity index (χ4n) is 6.46. The minimum absolute atomic E-state index is 0. The quantitative estimate of drug-likeness (QED) is 0.134. The average Bonchev–Trinajstić information content (AvgIpc) is 3.66. The molecule has 9 rings (SSSR count). The van der Waals surface area contributed by atoms with E-state index in [0.29, 0.717) is 0 Å². The first-order valence-corrected chi connectivity index (χ1v) is 14.1. The van der Waals surface area contributed by atoms with Crippen molar-refractivity contribution in [3.8, 4) is 28.2 Å². The Balaban J connectivity index is 0.00000278. The van der Waals surface area contributed by atoms with Gasteiger partial charge in [-0.3, -0.25) is 9.55 Å². The number of fused-ring (bicyclic) bond motifs is 9. The van der Waals surface area contributed by atoms with Gasteiger partial charge in [0.1, 0.15) is 5.82 Å². The first-order chi connectivity index (χ1) is 20.8. The number of para-hydroxylation sites is 2. The van der Waals surface area contributed by atoms with E-state index in [-0.39, 0.29) is 20.1 Å². The molecule has 0 aliphatic carbocycles. The molecule has 0 saturated carbocycles. The van der Waals surface area contributed by atoms with Crippen LogP contribution in [0.3, 0.4) is 0 Å². The minimum Gasteiger partial charge on any atom is -0.333 e.